The van der Waals surface area contributed by atoms with Gasteiger partial charge >= 0.3 is 0 Å². The smallest absolute Gasteiger partial charge is 0.238 e. The largest absolute Gasteiger partial charge is 0.379 e. The summed E-state index contributed by atoms with van der Waals surface area (Å²) >= 11 is 0. The van der Waals surface area contributed by atoms with Gasteiger partial charge in [0.1, 0.15) is 0 Å². The number of hydrogen-bond acceptors (Lipinski definition) is 4. The second kappa shape index (κ2) is 8.20. The van der Waals surface area contributed by atoms with Crippen molar-refractivity contribution in [2.45, 2.75) is 19.4 Å². The molecule has 4 rings (SSSR count). The molecule has 2 aromatic rings. The summed E-state index contributed by atoms with van der Waals surface area (Å²) in [5, 5.41) is 7.38. The molecule has 2 heterocycles. The van der Waals surface area contributed by atoms with Crippen molar-refractivity contribution in [3.63, 3.8) is 0 Å². The van der Waals surface area contributed by atoms with Gasteiger partial charge in [0.15, 0.2) is 0 Å². The molecule has 1 aliphatic heterocycles. The second-order valence-corrected chi connectivity index (χ2v) is 7.36. The molecule has 1 aromatic carbocycles. The molecular formula is C20H28N4O2. The number of morpholine rings is 1. The van der Waals surface area contributed by atoms with Crippen LogP contribution in [-0.2, 0) is 16.1 Å². The van der Waals surface area contributed by atoms with E-state index in [0.29, 0.717) is 6.54 Å². The molecule has 140 valence electrons. The third-order valence-electron chi connectivity index (χ3n) is 5.23. The monoisotopic (exact) mass is 356 g/mol. The van der Waals surface area contributed by atoms with Crippen LogP contribution in [0.2, 0.25) is 0 Å². The Balaban J connectivity index is 1.31. The van der Waals surface area contributed by atoms with Crippen molar-refractivity contribution in [2.24, 2.45) is 5.92 Å². The first kappa shape index (κ1) is 17.5. The van der Waals surface area contributed by atoms with Crippen molar-refractivity contribution >= 4 is 22.5 Å². The average molecular weight is 356 g/mol. The first-order valence-electron chi connectivity index (χ1n) is 9.67. The molecule has 1 saturated heterocycles. The minimum absolute atomic E-state index is 0.0248. The summed E-state index contributed by atoms with van der Waals surface area (Å²) in [5.74, 6) is 0.813. The Morgan fingerprint density at radius 3 is 2.81 bits per heavy atom. The average Bonchev–Trinajstić information content (AvgIpc) is 3.39. The van der Waals surface area contributed by atoms with Crippen LogP contribution in [0.1, 0.15) is 12.8 Å². The Labute approximate surface area is 154 Å². The van der Waals surface area contributed by atoms with Gasteiger partial charge in [-0.3, -0.25) is 9.69 Å². The van der Waals surface area contributed by atoms with Gasteiger partial charge in [-0.1, -0.05) is 0 Å². The van der Waals surface area contributed by atoms with Crippen LogP contribution in [0.5, 0.6) is 0 Å². The molecule has 0 spiro atoms. The third-order valence-corrected chi connectivity index (χ3v) is 5.23. The number of rotatable bonds is 8. The summed E-state index contributed by atoms with van der Waals surface area (Å²) in [5.41, 5.74) is 2.07. The Kier molecular flexibility index (Phi) is 5.53. The molecule has 0 bridgehead atoms. The van der Waals surface area contributed by atoms with Crippen LogP contribution in [0.3, 0.4) is 0 Å². The summed E-state index contributed by atoms with van der Waals surface area (Å²) in [6.07, 6.45) is 4.73. The molecule has 0 atom stereocenters. The maximum atomic E-state index is 12.0. The summed E-state index contributed by atoms with van der Waals surface area (Å²) in [7, 11) is 0. The molecule has 1 saturated carbocycles. The lowest BCUT2D eigenvalue weighted by molar-refractivity contribution is -0.115. The van der Waals surface area contributed by atoms with Gasteiger partial charge in [-0.25, -0.2) is 0 Å². The van der Waals surface area contributed by atoms with Crippen molar-refractivity contribution in [1.82, 2.24) is 14.8 Å². The van der Waals surface area contributed by atoms with Crippen LogP contribution < -0.4 is 10.6 Å². The van der Waals surface area contributed by atoms with Gasteiger partial charge < -0.3 is 19.9 Å². The molecule has 1 aliphatic carbocycles. The summed E-state index contributed by atoms with van der Waals surface area (Å²) in [6, 6.07) is 8.27. The topological polar surface area (TPSA) is 58.5 Å². The highest BCUT2D eigenvalue weighted by atomic mass is 16.5. The van der Waals surface area contributed by atoms with Gasteiger partial charge in [0.05, 0.1) is 19.8 Å². The van der Waals surface area contributed by atoms with E-state index in [9.17, 15) is 4.79 Å². The first-order valence-corrected chi connectivity index (χ1v) is 9.67. The summed E-state index contributed by atoms with van der Waals surface area (Å²) in [6.45, 7) is 7.07. The standard InChI is InChI=1S/C20H28N4O2/c25-20(15-21-14-16-1-2-16)22-18-3-4-19-17(13-18)5-6-24(19)8-7-23-9-11-26-12-10-23/h3-6,13,16,21H,1-2,7-12,14-15H2,(H,22,25). The number of nitrogens with zero attached hydrogens (tertiary/aromatic N) is 2. The van der Waals surface area contributed by atoms with Gasteiger partial charge in [0.2, 0.25) is 5.91 Å². The normalized spacial score (nSPS) is 18.3. The fourth-order valence-electron chi connectivity index (χ4n) is 3.46. The lowest BCUT2D eigenvalue weighted by atomic mass is 10.2. The molecule has 1 amide bonds. The fraction of sp³-hybridized carbons (Fsp3) is 0.550. The van der Waals surface area contributed by atoms with E-state index in [2.05, 4.69) is 44.5 Å². The van der Waals surface area contributed by atoms with E-state index in [-0.39, 0.29) is 5.91 Å². The van der Waals surface area contributed by atoms with Gasteiger partial charge in [-0.2, -0.15) is 0 Å². The summed E-state index contributed by atoms with van der Waals surface area (Å²) < 4.78 is 7.69. The van der Waals surface area contributed by atoms with Crippen molar-refractivity contribution in [3.8, 4) is 0 Å². The molecule has 0 radical (unpaired) electrons. The Hall–Kier alpha value is -1.89. The maximum absolute atomic E-state index is 12.0. The van der Waals surface area contributed by atoms with E-state index in [4.69, 9.17) is 4.74 Å². The molecule has 1 aromatic heterocycles. The van der Waals surface area contributed by atoms with Gasteiger partial charge in [0, 0.05) is 49.0 Å². The van der Waals surface area contributed by atoms with E-state index in [1.807, 2.05) is 6.07 Å². The molecule has 2 N–H and O–H groups in total. The van der Waals surface area contributed by atoms with E-state index in [0.717, 1.165) is 62.9 Å². The highest BCUT2D eigenvalue weighted by Gasteiger charge is 2.20. The zero-order valence-corrected chi connectivity index (χ0v) is 15.2. The predicted octanol–water partition coefficient (Wildman–Crippen LogP) is 1.91. The first-order chi connectivity index (χ1) is 12.8. The van der Waals surface area contributed by atoms with Crippen molar-refractivity contribution in [1.29, 1.82) is 0 Å². The van der Waals surface area contributed by atoms with E-state index >= 15 is 0 Å². The molecule has 0 unspecified atom stereocenters. The van der Waals surface area contributed by atoms with Crippen molar-refractivity contribution in [2.75, 3.05) is 51.3 Å². The highest BCUT2D eigenvalue weighted by Crippen LogP contribution is 2.27. The molecule has 2 aliphatic rings. The minimum atomic E-state index is 0.0248. The van der Waals surface area contributed by atoms with Crippen LogP contribution in [0.15, 0.2) is 30.5 Å². The molecule has 2 fully saturated rings. The number of carbonyl (C=O) groups is 1. The number of benzene rings is 1. The van der Waals surface area contributed by atoms with Crippen LogP contribution in [-0.4, -0.2) is 61.3 Å². The number of hydrogen-bond donors (Lipinski definition) is 2. The van der Waals surface area contributed by atoms with Gasteiger partial charge in [-0.15, -0.1) is 0 Å². The van der Waals surface area contributed by atoms with Crippen LogP contribution in [0.4, 0.5) is 5.69 Å². The van der Waals surface area contributed by atoms with Crippen molar-refractivity contribution in [3.05, 3.63) is 30.5 Å². The van der Waals surface area contributed by atoms with Gasteiger partial charge in [0.25, 0.3) is 0 Å². The van der Waals surface area contributed by atoms with Gasteiger partial charge in [-0.05, 0) is 49.6 Å². The Bertz CT molecular complexity index is 747. The molecule has 6 heteroatoms. The van der Waals surface area contributed by atoms with Crippen molar-refractivity contribution < 1.29 is 9.53 Å². The van der Waals surface area contributed by atoms with E-state index in [1.54, 1.807) is 0 Å². The minimum Gasteiger partial charge on any atom is -0.379 e. The Morgan fingerprint density at radius 1 is 1.15 bits per heavy atom. The van der Waals surface area contributed by atoms with Crippen LogP contribution >= 0.6 is 0 Å². The zero-order valence-electron chi connectivity index (χ0n) is 15.2. The lowest BCUT2D eigenvalue weighted by Crippen LogP contribution is -2.38. The number of amides is 1. The van der Waals surface area contributed by atoms with E-state index in [1.165, 1.54) is 18.4 Å². The predicted molar refractivity (Wildman–Crippen MR) is 103 cm³/mol. The number of carbonyl (C=O) groups excluding carboxylic acids is 1. The molecule has 26 heavy (non-hydrogen) atoms. The number of nitrogens with one attached hydrogen (secondary N) is 2. The number of aromatic nitrogens is 1. The SMILES string of the molecule is O=C(CNCC1CC1)Nc1ccc2c(ccn2CCN2CCOCC2)c1. The lowest BCUT2D eigenvalue weighted by Gasteiger charge is -2.26. The van der Waals surface area contributed by atoms with E-state index < -0.39 is 0 Å². The van der Waals surface area contributed by atoms with Crippen LogP contribution in [0.25, 0.3) is 10.9 Å². The zero-order chi connectivity index (χ0) is 17.8. The number of anilines is 1. The molecular weight excluding hydrogens is 328 g/mol. The fourth-order valence-corrected chi connectivity index (χ4v) is 3.46. The second-order valence-electron chi connectivity index (χ2n) is 7.36. The Morgan fingerprint density at radius 2 is 2.00 bits per heavy atom. The highest BCUT2D eigenvalue weighted by molar-refractivity contribution is 5.95. The number of fused-ring (bicyclic) bond motifs is 1. The maximum Gasteiger partial charge on any atom is 0.238 e. The third kappa shape index (κ3) is 4.63. The quantitative estimate of drug-likeness (QED) is 0.759. The summed E-state index contributed by atoms with van der Waals surface area (Å²) in [4.78, 5) is 14.5. The van der Waals surface area contributed by atoms with Crippen LogP contribution in [0, 0.1) is 5.92 Å². The molecule has 6 nitrogen and oxygen atoms in total. The number of ether oxygens (including phenoxy) is 1.